The number of benzene rings is 1. The first-order chi connectivity index (χ1) is 12.9. The third-order valence-corrected chi connectivity index (χ3v) is 4.88. The Kier molecular flexibility index (Phi) is 6.23. The van der Waals surface area contributed by atoms with Crippen LogP contribution in [0.25, 0.3) is 0 Å². The molecule has 0 saturated carbocycles. The van der Waals surface area contributed by atoms with Crippen molar-refractivity contribution in [3.05, 3.63) is 48.2 Å². The molecule has 6 nitrogen and oxygen atoms in total. The number of rotatable bonds is 7. The minimum atomic E-state index is -0.875. The van der Waals surface area contributed by atoms with Crippen LogP contribution in [0, 0.1) is 0 Å². The number of nitrogens with zero attached hydrogens (tertiary/aromatic N) is 5. The molecule has 146 valence electrons. The van der Waals surface area contributed by atoms with Gasteiger partial charge in [0.2, 0.25) is 5.95 Å². The summed E-state index contributed by atoms with van der Waals surface area (Å²) in [7, 11) is 5.73. The molecule has 0 spiro atoms. The Morgan fingerprint density at radius 3 is 2.67 bits per heavy atom. The Labute approximate surface area is 160 Å². The minimum absolute atomic E-state index is 0.0119. The lowest BCUT2D eigenvalue weighted by Crippen LogP contribution is -2.40. The fourth-order valence-electron chi connectivity index (χ4n) is 3.54. The van der Waals surface area contributed by atoms with Crippen LogP contribution < -0.4 is 9.80 Å². The van der Waals surface area contributed by atoms with Crippen LogP contribution in [0.4, 0.5) is 16.2 Å². The maximum Gasteiger partial charge on any atom is 0.226 e. The van der Waals surface area contributed by atoms with Gasteiger partial charge < -0.3 is 19.8 Å². The largest absolute Gasteiger partial charge is 0.387 e. The van der Waals surface area contributed by atoms with Gasteiger partial charge in [0.1, 0.15) is 12.0 Å². The lowest BCUT2D eigenvalue weighted by atomic mass is 10.1. The lowest BCUT2D eigenvalue weighted by Gasteiger charge is -2.30. The van der Waals surface area contributed by atoms with E-state index < -0.39 is 12.3 Å². The fraction of sp³-hybridized carbons (Fsp3) is 0.500. The van der Waals surface area contributed by atoms with E-state index in [1.54, 1.807) is 6.20 Å². The first-order valence-electron chi connectivity index (χ1n) is 9.26. The van der Waals surface area contributed by atoms with Gasteiger partial charge in [-0.3, -0.25) is 0 Å². The Balaban J connectivity index is 1.66. The molecule has 1 N–H and O–H groups in total. The van der Waals surface area contributed by atoms with Crippen LogP contribution in [-0.4, -0.2) is 73.0 Å². The van der Waals surface area contributed by atoms with Gasteiger partial charge in [0.05, 0.1) is 12.6 Å². The first-order valence-corrected chi connectivity index (χ1v) is 9.26. The van der Waals surface area contributed by atoms with Crippen LogP contribution in [0.3, 0.4) is 0 Å². The monoisotopic (exact) mass is 373 g/mol. The highest BCUT2D eigenvalue weighted by Crippen LogP contribution is 2.27. The maximum atomic E-state index is 14.2. The quantitative estimate of drug-likeness (QED) is 0.802. The molecule has 0 bridgehead atoms. The predicted octanol–water partition coefficient (Wildman–Crippen LogP) is 2.12. The van der Waals surface area contributed by atoms with E-state index in [1.165, 1.54) is 0 Å². The standard InChI is InChI=1S/C20H28FN5O/c1-24(2)20-22-10-9-19(23-20)26-12-16(21)11-17(26)13-25(3)14-18(27)15-7-5-4-6-8-15/h4-10,16-18,27H,11-14H2,1-3H3/t16-,17-,18+/m0/s1. The second-order valence-electron chi connectivity index (χ2n) is 7.40. The molecule has 0 amide bonds. The zero-order chi connectivity index (χ0) is 19.4. The third-order valence-electron chi connectivity index (χ3n) is 4.88. The molecule has 27 heavy (non-hydrogen) atoms. The van der Waals surface area contributed by atoms with Crippen LogP contribution in [0.5, 0.6) is 0 Å². The van der Waals surface area contributed by atoms with E-state index in [1.807, 2.05) is 67.3 Å². The zero-order valence-corrected chi connectivity index (χ0v) is 16.2. The number of hydrogen-bond acceptors (Lipinski definition) is 6. The number of likely N-dealkylation sites (N-methyl/N-ethyl adjacent to an activating group) is 1. The van der Waals surface area contributed by atoms with Gasteiger partial charge in [0.25, 0.3) is 0 Å². The van der Waals surface area contributed by atoms with Gasteiger partial charge in [-0.2, -0.15) is 4.98 Å². The van der Waals surface area contributed by atoms with Crippen LogP contribution in [0.1, 0.15) is 18.1 Å². The van der Waals surface area contributed by atoms with Crippen LogP contribution in [0.15, 0.2) is 42.6 Å². The van der Waals surface area contributed by atoms with Gasteiger partial charge >= 0.3 is 0 Å². The SMILES string of the molecule is CN(C[C@@H]1C[C@H](F)CN1c1ccnc(N(C)C)n1)C[C@@H](O)c1ccccc1. The van der Waals surface area contributed by atoms with Gasteiger partial charge in [0, 0.05) is 45.8 Å². The van der Waals surface area contributed by atoms with E-state index in [-0.39, 0.29) is 6.04 Å². The number of anilines is 2. The summed E-state index contributed by atoms with van der Waals surface area (Å²) in [5, 5.41) is 10.4. The molecular formula is C20H28FN5O. The van der Waals surface area contributed by atoms with Crippen molar-refractivity contribution >= 4 is 11.8 Å². The van der Waals surface area contributed by atoms with Gasteiger partial charge in [-0.25, -0.2) is 9.37 Å². The summed E-state index contributed by atoms with van der Waals surface area (Å²) < 4.78 is 14.2. The maximum absolute atomic E-state index is 14.2. The summed E-state index contributed by atoms with van der Waals surface area (Å²) >= 11 is 0. The summed E-state index contributed by atoms with van der Waals surface area (Å²) in [6.07, 6.45) is 0.739. The van der Waals surface area contributed by atoms with Crippen LogP contribution in [0.2, 0.25) is 0 Å². The highest BCUT2D eigenvalue weighted by molar-refractivity contribution is 5.45. The van der Waals surface area contributed by atoms with Crippen molar-refractivity contribution in [1.82, 2.24) is 14.9 Å². The number of hydrogen-bond donors (Lipinski definition) is 1. The second kappa shape index (κ2) is 8.63. The highest BCUT2D eigenvalue weighted by atomic mass is 19.1. The average molecular weight is 373 g/mol. The Morgan fingerprint density at radius 1 is 1.22 bits per heavy atom. The molecule has 1 aromatic heterocycles. The zero-order valence-electron chi connectivity index (χ0n) is 16.2. The topological polar surface area (TPSA) is 55.7 Å². The van der Waals surface area contributed by atoms with Crippen LogP contribution >= 0.6 is 0 Å². The van der Waals surface area contributed by atoms with E-state index in [9.17, 15) is 9.50 Å². The first kappa shape index (κ1) is 19.5. The molecule has 3 atom stereocenters. The molecule has 1 aliphatic rings. The van der Waals surface area contributed by atoms with E-state index in [0.29, 0.717) is 32.0 Å². The van der Waals surface area contributed by atoms with Gasteiger partial charge in [-0.15, -0.1) is 0 Å². The number of halogens is 1. The molecule has 0 aliphatic carbocycles. The van der Waals surface area contributed by atoms with Crippen molar-refractivity contribution in [3.8, 4) is 0 Å². The molecule has 1 saturated heterocycles. The molecule has 2 aromatic rings. The normalized spacial score (nSPS) is 20.9. The average Bonchev–Trinajstić information content (AvgIpc) is 3.02. The molecule has 7 heteroatoms. The molecule has 0 unspecified atom stereocenters. The molecule has 1 aromatic carbocycles. The van der Waals surface area contributed by atoms with E-state index in [0.717, 1.165) is 11.4 Å². The number of aromatic nitrogens is 2. The van der Waals surface area contributed by atoms with Gasteiger partial charge in [-0.05, 0) is 18.7 Å². The summed E-state index contributed by atoms with van der Waals surface area (Å²) in [6, 6.07) is 11.4. The van der Waals surface area contributed by atoms with Crippen molar-refractivity contribution in [2.75, 3.05) is 50.6 Å². The van der Waals surface area contributed by atoms with Crippen molar-refractivity contribution in [3.63, 3.8) is 0 Å². The molecule has 0 radical (unpaired) electrons. The van der Waals surface area contributed by atoms with Gasteiger partial charge in [0.15, 0.2) is 0 Å². The van der Waals surface area contributed by atoms with Crippen molar-refractivity contribution in [2.45, 2.75) is 24.7 Å². The van der Waals surface area contributed by atoms with Gasteiger partial charge in [-0.1, -0.05) is 30.3 Å². The predicted molar refractivity (Wildman–Crippen MR) is 106 cm³/mol. The highest BCUT2D eigenvalue weighted by Gasteiger charge is 2.34. The summed E-state index contributed by atoms with van der Waals surface area (Å²) in [5.41, 5.74) is 0.891. The van der Waals surface area contributed by atoms with Crippen molar-refractivity contribution < 1.29 is 9.50 Å². The fourth-order valence-corrected chi connectivity index (χ4v) is 3.54. The number of alkyl halides is 1. The minimum Gasteiger partial charge on any atom is -0.387 e. The van der Waals surface area contributed by atoms with Crippen LogP contribution in [-0.2, 0) is 0 Å². The molecule has 1 aliphatic heterocycles. The van der Waals surface area contributed by atoms with E-state index in [4.69, 9.17) is 0 Å². The molecule has 3 rings (SSSR count). The molecule has 1 fully saturated rings. The Hall–Kier alpha value is -2.25. The second-order valence-corrected chi connectivity index (χ2v) is 7.40. The lowest BCUT2D eigenvalue weighted by molar-refractivity contribution is 0.123. The number of aliphatic hydroxyl groups excluding tert-OH is 1. The summed E-state index contributed by atoms with van der Waals surface area (Å²) in [6.45, 7) is 1.49. The Bertz CT molecular complexity index is 729. The summed E-state index contributed by atoms with van der Waals surface area (Å²) in [5.74, 6) is 1.36. The number of aliphatic hydroxyl groups is 1. The van der Waals surface area contributed by atoms with E-state index >= 15 is 0 Å². The molecule has 2 heterocycles. The van der Waals surface area contributed by atoms with E-state index in [2.05, 4.69) is 14.9 Å². The molecular weight excluding hydrogens is 345 g/mol. The third kappa shape index (κ3) is 4.93. The Morgan fingerprint density at radius 2 is 1.96 bits per heavy atom. The summed E-state index contributed by atoms with van der Waals surface area (Å²) in [4.78, 5) is 14.7. The van der Waals surface area contributed by atoms with Crippen molar-refractivity contribution in [2.24, 2.45) is 0 Å². The smallest absolute Gasteiger partial charge is 0.226 e. The van der Waals surface area contributed by atoms with Crippen molar-refractivity contribution in [1.29, 1.82) is 0 Å².